The summed E-state index contributed by atoms with van der Waals surface area (Å²) in [6.07, 6.45) is -0.594. The average molecular weight is 292 g/mol. The molecule has 15 heavy (non-hydrogen) atoms. The Hall–Kier alpha value is -0.390. The monoisotopic (exact) mass is 291 g/mol. The van der Waals surface area contributed by atoms with Crippen molar-refractivity contribution in [1.29, 1.82) is 0 Å². The van der Waals surface area contributed by atoms with Gasteiger partial charge in [0.05, 0.1) is 21.0 Å². The zero-order valence-electron chi connectivity index (χ0n) is 8.87. The van der Waals surface area contributed by atoms with Crippen LogP contribution in [0, 0.1) is 0 Å². The molecule has 1 atom stereocenters. The average Bonchev–Trinajstić information content (AvgIpc) is 2.50. The summed E-state index contributed by atoms with van der Waals surface area (Å²) >= 11 is 4.76. The summed E-state index contributed by atoms with van der Waals surface area (Å²) < 4.78 is 0.919. The van der Waals surface area contributed by atoms with Crippen LogP contribution in [0.2, 0.25) is 0 Å². The number of rotatable bonds is 3. The second kappa shape index (κ2) is 4.63. The Morgan fingerprint density at radius 1 is 1.67 bits per heavy atom. The van der Waals surface area contributed by atoms with Gasteiger partial charge in [-0.15, -0.1) is 11.3 Å². The molecule has 3 nitrogen and oxygen atoms in total. The quantitative estimate of drug-likeness (QED) is 0.898. The molecule has 0 radical (unpaired) electrons. The minimum atomic E-state index is -0.620. The Balaban J connectivity index is 2.72. The highest BCUT2D eigenvalue weighted by molar-refractivity contribution is 9.11. The zero-order chi connectivity index (χ0) is 11.6. The molecule has 1 amide bonds. The van der Waals surface area contributed by atoms with Crippen LogP contribution in [0.4, 0.5) is 0 Å². The largest absolute Gasteiger partial charge is 0.391 e. The van der Waals surface area contributed by atoms with Crippen molar-refractivity contribution in [2.24, 2.45) is 0 Å². The van der Waals surface area contributed by atoms with Crippen LogP contribution in [0.1, 0.15) is 31.1 Å². The number of aliphatic hydroxyl groups excluding tert-OH is 1. The molecule has 0 fully saturated rings. The van der Waals surface area contributed by atoms with Crippen molar-refractivity contribution in [3.63, 3.8) is 0 Å². The minimum Gasteiger partial charge on any atom is -0.391 e. The molecule has 0 aliphatic heterocycles. The third-order valence-corrected chi connectivity index (χ3v) is 3.81. The van der Waals surface area contributed by atoms with E-state index in [1.54, 1.807) is 32.2 Å². The summed E-state index contributed by atoms with van der Waals surface area (Å²) in [5.74, 6) is -0.164. The summed E-state index contributed by atoms with van der Waals surface area (Å²) in [5, 5.41) is 14.0. The number of amides is 1. The van der Waals surface area contributed by atoms with Gasteiger partial charge in [-0.2, -0.15) is 0 Å². The van der Waals surface area contributed by atoms with E-state index in [0.29, 0.717) is 5.56 Å². The Morgan fingerprint density at radius 2 is 2.27 bits per heavy atom. The summed E-state index contributed by atoms with van der Waals surface area (Å²) in [6, 6.07) is 1.76. The second-order valence-corrected chi connectivity index (χ2v) is 6.28. The van der Waals surface area contributed by atoms with Gasteiger partial charge in [0.25, 0.3) is 5.91 Å². The van der Waals surface area contributed by atoms with Gasteiger partial charge in [0.15, 0.2) is 0 Å². The molecule has 0 aliphatic rings. The first-order valence-electron chi connectivity index (χ1n) is 4.57. The van der Waals surface area contributed by atoms with Gasteiger partial charge in [0.2, 0.25) is 0 Å². The number of thiophene rings is 1. The van der Waals surface area contributed by atoms with Gasteiger partial charge >= 0.3 is 0 Å². The molecule has 2 N–H and O–H groups in total. The van der Waals surface area contributed by atoms with Crippen LogP contribution < -0.4 is 5.32 Å². The van der Waals surface area contributed by atoms with Gasteiger partial charge in [0.1, 0.15) is 0 Å². The first kappa shape index (κ1) is 12.7. The van der Waals surface area contributed by atoms with Crippen molar-refractivity contribution in [2.75, 3.05) is 0 Å². The van der Waals surface area contributed by atoms with Crippen molar-refractivity contribution in [1.82, 2.24) is 5.32 Å². The number of nitrogens with one attached hydrogen (secondary N) is 1. The molecule has 1 aromatic rings. The topological polar surface area (TPSA) is 49.3 Å². The Labute approximate surface area is 102 Å². The lowest BCUT2D eigenvalue weighted by molar-refractivity contribution is 0.0710. The fraction of sp³-hybridized carbons (Fsp3) is 0.500. The van der Waals surface area contributed by atoms with Crippen LogP contribution in [-0.4, -0.2) is 22.7 Å². The minimum absolute atomic E-state index is 0.164. The maximum atomic E-state index is 11.7. The summed E-state index contributed by atoms with van der Waals surface area (Å²) in [7, 11) is 0. The molecule has 0 bridgehead atoms. The fourth-order valence-electron chi connectivity index (χ4n) is 0.898. The Kier molecular flexibility index (Phi) is 3.92. The van der Waals surface area contributed by atoms with Crippen LogP contribution in [0.25, 0.3) is 0 Å². The zero-order valence-corrected chi connectivity index (χ0v) is 11.3. The molecule has 0 saturated carbocycles. The molecular formula is C10H14BrNO2S. The van der Waals surface area contributed by atoms with E-state index in [-0.39, 0.29) is 5.91 Å². The number of carbonyl (C=O) groups is 1. The van der Waals surface area contributed by atoms with Gasteiger partial charge in [0, 0.05) is 5.38 Å². The van der Waals surface area contributed by atoms with Gasteiger partial charge in [-0.1, -0.05) is 0 Å². The predicted octanol–water partition coefficient (Wildman–Crippen LogP) is 2.40. The highest BCUT2D eigenvalue weighted by atomic mass is 79.9. The molecule has 0 spiro atoms. The molecule has 1 heterocycles. The van der Waals surface area contributed by atoms with Gasteiger partial charge < -0.3 is 10.4 Å². The van der Waals surface area contributed by atoms with E-state index in [9.17, 15) is 9.90 Å². The third kappa shape index (κ3) is 3.29. The highest BCUT2D eigenvalue weighted by Crippen LogP contribution is 2.21. The molecule has 5 heteroatoms. The molecule has 0 aliphatic carbocycles. The Morgan fingerprint density at radius 3 is 2.67 bits per heavy atom. The Bertz CT molecular complexity index is 360. The summed E-state index contributed by atoms with van der Waals surface area (Å²) in [6.45, 7) is 5.23. The van der Waals surface area contributed by atoms with E-state index in [0.717, 1.165) is 3.79 Å². The van der Waals surface area contributed by atoms with Crippen LogP contribution in [0.3, 0.4) is 0 Å². The van der Waals surface area contributed by atoms with E-state index < -0.39 is 11.6 Å². The first-order chi connectivity index (χ1) is 6.83. The lowest BCUT2D eigenvalue weighted by Gasteiger charge is -2.29. The standard InChI is InChI=1S/C10H14BrNO2S/c1-6(13)10(2,3)12-9(14)7-4-8(11)15-5-7/h4-6,13H,1-3H3,(H,12,14). The van der Waals surface area contributed by atoms with Crippen LogP contribution >= 0.6 is 27.3 Å². The number of hydrogen-bond donors (Lipinski definition) is 2. The van der Waals surface area contributed by atoms with Crippen LogP contribution in [-0.2, 0) is 0 Å². The van der Waals surface area contributed by atoms with Gasteiger partial charge in [-0.3, -0.25) is 4.79 Å². The molecule has 1 unspecified atom stereocenters. The normalized spacial score (nSPS) is 13.7. The number of carbonyl (C=O) groups excluding carboxylic acids is 1. The fourth-order valence-corrected chi connectivity index (χ4v) is 2.03. The van der Waals surface area contributed by atoms with Gasteiger partial charge in [-0.05, 0) is 42.8 Å². The maximum Gasteiger partial charge on any atom is 0.252 e. The lowest BCUT2D eigenvalue weighted by atomic mass is 9.98. The van der Waals surface area contributed by atoms with E-state index in [1.165, 1.54) is 11.3 Å². The van der Waals surface area contributed by atoms with E-state index in [4.69, 9.17) is 0 Å². The molecule has 0 aromatic carbocycles. The molecule has 84 valence electrons. The van der Waals surface area contributed by atoms with Crippen molar-refractivity contribution in [3.05, 3.63) is 20.8 Å². The summed E-state index contributed by atoms with van der Waals surface area (Å²) in [5.41, 5.74) is -0.00788. The van der Waals surface area contributed by atoms with E-state index >= 15 is 0 Å². The summed E-state index contributed by atoms with van der Waals surface area (Å²) in [4.78, 5) is 11.7. The van der Waals surface area contributed by atoms with Crippen molar-refractivity contribution in [3.8, 4) is 0 Å². The number of aliphatic hydroxyl groups is 1. The first-order valence-corrected chi connectivity index (χ1v) is 6.25. The third-order valence-electron chi connectivity index (χ3n) is 2.31. The van der Waals surface area contributed by atoms with E-state index in [2.05, 4.69) is 21.2 Å². The van der Waals surface area contributed by atoms with E-state index in [1.807, 2.05) is 0 Å². The van der Waals surface area contributed by atoms with Crippen molar-refractivity contribution >= 4 is 33.2 Å². The number of halogens is 1. The van der Waals surface area contributed by atoms with Crippen LogP contribution in [0.15, 0.2) is 15.2 Å². The smallest absolute Gasteiger partial charge is 0.252 e. The van der Waals surface area contributed by atoms with Gasteiger partial charge in [-0.25, -0.2) is 0 Å². The molecule has 1 rings (SSSR count). The SMILES string of the molecule is CC(O)C(C)(C)NC(=O)c1csc(Br)c1. The van der Waals surface area contributed by atoms with Crippen molar-refractivity contribution in [2.45, 2.75) is 32.4 Å². The second-order valence-electron chi connectivity index (χ2n) is 3.99. The molecule has 1 aromatic heterocycles. The maximum absolute atomic E-state index is 11.7. The highest BCUT2D eigenvalue weighted by Gasteiger charge is 2.26. The molecule has 0 saturated heterocycles. The molecular weight excluding hydrogens is 278 g/mol. The number of hydrogen-bond acceptors (Lipinski definition) is 3. The lowest BCUT2D eigenvalue weighted by Crippen LogP contribution is -2.50. The predicted molar refractivity (Wildman–Crippen MR) is 65.2 cm³/mol. The van der Waals surface area contributed by atoms with Crippen LogP contribution in [0.5, 0.6) is 0 Å². The van der Waals surface area contributed by atoms with Crippen molar-refractivity contribution < 1.29 is 9.90 Å².